The highest BCUT2D eigenvalue weighted by Crippen LogP contribution is 2.18. The van der Waals surface area contributed by atoms with Crippen molar-refractivity contribution >= 4 is 11.9 Å². The fourth-order valence-corrected chi connectivity index (χ4v) is 3.08. The summed E-state index contributed by atoms with van der Waals surface area (Å²) in [6, 6.07) is 9.04. The fraction of sp³-hybridized carbons (Fsp3) is 0.529. The van der Waals surface area contributed by atoms with Crippen molar-refractivity contribution in [2.24, 2.45) is 0 Å². The van der Waals surface area contributed by atoms with Gasteiger partial charge in [0.15, 0.2) is 0 Å². The van der Waals surface area contributed by atoms with Gasteiger partial charge in [-0.25, -0.2) is 4.79 Å². The summed E-state index contributed by atoms with van der Waals surface area (Å²) in [6.07, 6.45) is 4.76. The molecule has 5 heteroatoms. The first-order valence-electron chi connectivity index (χ1n) is 8.01. The van der Waals surface area contributed by atoms with E-state index in [2.05, 4.69) is 5.32 Å². The van der Waals surface area contributed by atoms with Crippen molar-refractivity contribution in [2.75, 3.05) is 13.2 Å². The summed E-state index contributed by atoms with van der Waals surface area (Å²) >= 11 is 0. The molecule has 118 valence electrons. The number of benzene rings is 1. The Morgan fingerprint density at radius 2 is 2.00 bits per heavy atom. The van der Waals surface area contributed by atoms with Gasteiger partial charge in [-0.3, -0.25) is 9.69 Å². The first-order chi connectivity index (χ1) is 10.7. The Morgan fingerprint density at radius 3 is 2.73 bits per heavy atom. The quantitative estimate of drug-likeness (QED) is 0.848. The maximum absolute atomic E-state index is 12.4. The van der Waals surface area contributed by atoms with Crippen LogP contribution in [-0.2, 0) is 16.0 Å². The number of nitrogens with zero attached hydrogens (tertiary/aromatic N) is 1. The first kappa shape index (κ1) is 15.0. The lowest BCUT2D eigenvalue weighted by Gasteiger charge is -2.24. The van der Waals surface area contributed by atoms with Gasteiger partial charge in [-0.15, -0.1) is 0 Å². The molecule has 2 aliphatic heterocycles. The second-order valence-electron chi connectivity index (χ2n) is 5.96. The average molecular weight is 302 g/mol. The summed E-state index contributed by atoms with van der Waals surface area (Å²) in [5.74, 6) is -0.121. The van der Waals surface area contributed by atoms with Gasteiger partial charge in [-0.1, -0.05) is 30.3 Å². The van der Waals surface area contributed by atoms with E-state index < -0.39 is 6.04 Å². The number of hydrogen-bond acceptors (Lipinski definition) is 3. The number of carbonyl (C=O) groups excluding carboxylic acids is 2. The molecule has 0 aromatic heterocycles. The standard InChI is InChI=1S/C17H22N2O3/c20-16-15(12-13-6-2-1-3-7-13)18-17(21)19(16)10-9-14-8-4-5-11-22-14/h1-3,6-7,14-15H,4-5,8-12H2,(H,18,21). The van der Waals surface area contributed by atoms with Crippen molar-refractivity contribution in [2.45, 2.75) is 44.2 Å². The Balaban J connectivity index is 1.54. The number of nitrogens with one attached hydrogen (secondary N) is 1. The number of imide groups is 1. The second-order valence-corrected chi connectivity index (χ2v) is 5.96. The maximum atomic E-state index is 12.4. The fourth-order valence-electron chi connectivity index (χ4n) is 3.08. The third-order valence-corrected chi connectivity index (χ3v) is 4.34. The topological polar surface area (TPSA) is 58.6 Å². The minimum atomic E-state index is -0.442. The zero-order chi connectivity index (χ0) is 15.4. The molecular formula is C17H22N2O3. The van der Waals surface area contributed by atoms with E-state index in [9.17, 15) is 9.59 Å². The van der Waals surface area contributed by atoms with Gasteiger partial charge < -0.3 is 10.1 Å². The summed E-state index contributed by atoms with van der Waals surface area (Å²) in [5.41, 5.74) is 1.05. The minimum Gasteiger partial charge on any atom is -0.378 e. The Kier molecular flexibility index (Phi) is 4.73. The molecule has 0 bridgehead atoms. The molecule has 0 spiro atoms. The highest BCUT2D eigenvalue weighted by molar-refractivity contribution is 6.04. The molecule has 2 atom stereocenters. The van der Waals surface area contributed by atoms with Crippen LogP contribution in [0.3, 0.4) is 0 Å². The van der Waals surface area contributed by atoms with E-state index in [1.54, 1.807) is 0 Å². The molecule has 1 N–H and O–H groups in total. The Bertz CT molecular complexity index is 526. The smallest absolute Gasteiger partial charge is 0.324 e. The molecule has 2 fully saturated rings. The van der Waals surface area contributed by atoms with E-state index in [-0.39, 0.29) is 18.0 Å². The van der Waals surface area contributed by atoms with Crippen LogP contribution in [0.4, 0.5) is 4.79 Å². The van der Waals surface area contributed by atoms with E-state index in [0.717, 1.165) is 31.4 Å². The van der Waals surface area contributed by atoms with Crippen LogP contribution in [0.1, 0.15) is 31.2 Å². The van der Waals surface area contributed by atoms with E-state index in [1.165, 1.54) is 11.3 Å². The molecule has 0 saturated carbocycles. The number of carbonyl (C=O) groups is 2. The minimum absolute atomic E-state index is 0.121. The van der Waals surface area contributed by atoms with Gasteiger partial charge in [0.25, 0.3) is 5.91 Å². The first-order valence-corrected chi connectivity index (χ1v) is 8.01. The van der Waals surface area contributed by atoms with Crippen LogP contribution in [0.25, 0.3) is 0 Å². The zero-order valence-electron chi connectivity index (χ0n) is 12.7. The van der Waals surface area contributed by atoms with Crippen LogP contribution < -0.4 is 5.32 Å². The van der Waals surface area contributed by atoms with E-state index >= 15 is 0 Å². The molecule has 0 radical (unpaired) electrons. The third kappa shape index (κ3) is 3.47. The lowest BCUT2D eigenvalue weighted by Crippen LogP contribution is -2.35. The zero-order valence-corrected chi connectivity index (χ0v) is 12.7. The van der Waals surface area contributed by atoms with E-state index in [1.807, 2.05) is 30.3 Å². The van der Waals surface area contributed by atoms with Gasteiger partial charge in [0.1, 0.15) is 6.04 Å². The Hall–Kier alpha value is -1.88. The molecule has 3 rings (SSSR count). The highest BCUT2D eigenvalue weighted by atomic mass is 16.5. The molecular weight excluding hydrogens is 280 g/mol. The van der Waals surface area contributed by atoms with Crippen LogP contribution in [-0.4, -0.2) is 42.1 Å². The molecule has 22 heavy (non-hydrogen) atoms. The third-order valence-electron chi connectivity index (χ3n) is 4.34. The molecule has 1 aromatic carbocycles. The van der Waals surface area contributed by atoms with E-state index in [0.29, 0.717) is 13.0 Å². The average Bonchev–Trinajstić information content (AvgIpc) is 2.81. The van der Waals surface area contributed by atoms with Gasteiger partial charge in [0, 0.05) is 19.6 Å². The van der Waals surface area contributed by atoms with Crippen molar-refractivity contribution in [1.82, 2.24) is 10.2 Å². The predicted molar refractivity (Wildman–Crippen MR) is 82.4 cm³/mol. The van der Waals surface area contributed by atoms with Gasteiger partial charge in [-0.2, -0.15) is 0 Å². The summed E-state index contributed by atoms with van der Waals surface area (Å²) < 4.78 is 5.66. The second kappa shape index (κ2) is 6.92. The summed E-state index contributed by atoms with van der Waals surface area (Å²) in [4.78, 5) is 25.7. The van der Waals surface area contributed by atoms with E-state index in [4.69, 9.17) is 4.74 Å². The number of urea groups is 1. The van der Waals surface area contributed by atoms with Crippen molar-refractivity contribution < 1.29 is 14.3 Å². The molecule has 2 heterocycles. The molecule has 1 aromatic rings. The summed E-state index contributed by atoms with van der Waals surface area (Å²) in [5, 5.41) is 2.79. The summed E-state index contributed by atoms with van der Waals surface area (Å²) in [6.45, 7) is 1.24. The monoisotopic (exact) mass is 302 g/mol. The molecule has 5 nitrogen and oxygen atoms in total. The normalized spacial score (nSPS) is 25.4. The SMILES string of the molecule is O=C1NC(Cc2ccccc2)C(=O)N1CCC1CCCCO1. The number of amides is 3. The lowest BCUT2D eigenvalue weighted by molar-refractivity contribution is -0.127. The number of rotatable bonds is 5. The highest BCUT2D eigenvalue weighted by Gasteiger charge is 2.37. The van der Waals surface area contributed by atoms with Gasteiger partial charge >= 0.3 is 6.03 Å². The molecule has 2 saturated heterocycles. The molecule has 2 aliphatic rings. The van der Waals surface area contributed by atoms with Crippen LogP contribution in [0.15, 0.2) is 30.3 Å². The Labute approximate surface area is 130 Å². The predicted octanol–water partition coefficient (Wildman–Crippen LogP) is 2.11. The largest absolute Gasteiger partial charge is 0.378 e. The van der Waals surface area contributed by atoms with Crippen molar-refractivity contribution in [3.8, 4) is 0 Å². The maximum Gasteiger partial charge on any atom is 0.324 e. The summed E-state index contributed by atoms with van der Waals surface area (Å²) in [7, 11) is 0. The molecule has 2 unspecified atom stereocenters. The van der Waals surface area contributed by atoms with Gasteiger partial charge in [-0.05, 0) is 31.2 Å². The number of hydrogen-bond donors (Lipinski definition) is 1. The van der Waals surface area contributed by atoms with Gasteiger partial charge in [0.2, 0.25) is 0 Å². The Morgan fingerprint density at radius 1 is 1.18 bits per heavy atom. The van der Waals surface area contributed by atoms with Crippen LogP contribution in [0, 0.1) is 0 Å². The lowest BCUT2D eigenvalue weighted by atomic mass is 10.1. The van der Waals surface area contributed by atoms with Crippen molar-refractivity contribution in [3.05, 3.63) is 35.9 Å². The van der Waals surface area contributed by atoms with Crippen LogP contribution in [0.5, 0.6) is 0 Å². The molecule has 0 aliphatic carbocycles. The van der Waals surface area contributed by atoms with Crippen LogP contribution >= 0.6 is 0 Å². The van der Waals surface area contributed by atoms with Crippen LogP contribution in [0.2, 0.25) is 0 Å². The van der Waals surface area contributed by atoms with Gasteiger partial charge in [0.05, 0.1) is 6.10 Å². The van der Waals surface area contributed by atoms with Crippen molar-refractivity contribution in [3.63, 3.8) is 0 Å². The molecule has 3 amide bonds. The number of ether oxygens (including phenoxy) is 1. The van der Waals surface area contributed by atoms with Crippen molar-refractivity contribution in [1.29, 1.82) is 0 Å².